The molecule has 0 atom stereocenters. The third kappa shape index (κ3) is 3.69. The zero-order chi connectivity index (χ0) is 9.52. The number of para-hydroxylation sites is 1. The van der Waals surface area contributed by atoms with Gasteiger partial charge in [0.1, 0.15) is 0 Å². The Kier molecular flexibility index (Phi) is 4.69. The van der Waals surface area contributed by atoms with E-state index in [0.717, 1.165) is 17.3 Å². The maximum absolute atomic E-state index is 5.97. The molecule has 0 saturated heterocycles. The van der Waals surface area contributed by atoms with Gasteiger partial charge in [-0.2, -0.15) is 0 Å². The Bertz CT molecular complexity index is 248. The highest BCUT2D eigenvalue weighted by Gasteiger charge is 1.95. The molecule has 0 amide bonds. The van der Waals surface area contributed by atoms with Crippen LogP contribution in [0.15, 0.2) is 24.3 Å². The third-order valence-corrected chi connectivity index (χ3v) is 2.30. The summed E-state index contributed by atoms with van der Waals surface area (Å²) in [6.45, 7) is 3.22. The van der Waals surface area contributed by atoms with Crippen LogP contribution in [0.2, 0.25) is 5.02 Å². The molecular formula is C11H16ClN. The molecule has 0 fully saturated rings. The minimum absolute atomic E-state index is 0.805. The molecule has 72 valence electrons. The first-order valence-corrected chi connectivity index (χ1v) is 5.20. The molecule has 0 aromatic heterocycles. The van der Waals surface area contributed by atoms with Crippen LogP contribution in [0.25, 0.3) is 0 Å². The van der Waals surface area contributed by atoms with E-state index in [-0.39, 0.29) is 0 Å². The van der Waals surface area contributed by atoms with Crippen LogP contribution in [0.4, 0.5) is 5.69 Å². The first-order valence-electron chi connectivity index (χ1n) is 4.83. The predicted molar refractivity (Wildman–Crippen MR) is 59.5 cm³/mol. The summed E-state index contributed by atoms with van der Waals surface area (Å²) in [4.78, 5) is 0. The molecule has 1 rings (SSSR count). The van der Waals surface area contributed by atoms with Gasteiger partial charge in [-0.1, -0.05) is 43.5 Å². The zero-order valence-electron chi connectivity index (χ0n) is 8.02. The Hall–Kier alpha value is -0.690. The lowest BCUT2D eigenvalue weighted by molar-refractivity contribution is 0.744. The van der Waals surface area contributed by atoms with E-state index in [1.165, 1.54) is 19.3 Å². The first kappa shape index (κ1) is 10.4. The molecule has 13 heavy (non-hydrogen) atoms. The molecule has 1 aromatic rings. The summed E-state index contributed by atoms with van der Waals surface area (Å²) in [5.74, 6) is 0. The van der Waals surface area contributed by atoms with Crippen molar-refractivity contribution in [2.24, 2.45) is 0 Å². The molecule has 0 spiro atoms. The van der Waals surface area contributed by atoms with Gasteiger partial charge >= 0.3 is 0 Å². The highest BCUT2D eigenvalue weighted by molar-refractivity contribution is 6.33. The van der Waals surface area contributed by atoms with Gasteiger partial charge in [0.25, 0.3) is 0 Å². The molecule has 1 aromatic carbocycles. The predicted octanol–water partition coefficient (Wildman–Crippen LogP) is 3.94. The quantitative estimate of drug-likeness (QED) is 0.706. The smallest absolute Gasteiger partial charge is 0.0637 e. The van der Waals surface area contributed by atoms with Crippen LogP contribution in [0.5, 0.6) is 0 Å². The lowest BCUT2D eigenvalue weighted by Crippen LogP contribution is -2.01. The van der Waals surface area contributed by atoms with Crippen LogP contribution in [-0.4, -0.2) is 6.54 Å². The van der Waals surface area contributed by atoms with Gasteiger partial charge < -0.3 is 5.32 Å². The van der Waals surface area contributed by atoms with Crippen molar-refractivity contribution < 1.29 is 0 Å². The van der Waals surface area contributed by atoms with Crippen LogP contribution in [0, 0.1) is 0 Å². The number of hydrogen-bond acceptors (Lipinski definition) is 1. The maximum atomic E-state index is 5.97. The first-order chi connectivity index (χ1) is 6.34. The van der Waals surface area contributed by atoms with E-state index >= 15 is 0 Å². The van der Waals surface area contributed by atoms with Gasteiger partial charge in [0.05, 0.1) is 10.7 Å². The fourth-order valence-electron chi connectivity index (χ4n) is 1.20. The molecule has 0 unspecified atom stereocenters. The van der Waals surface area contributed by atoms with Crippen molar-refractivity contribution in [2.75, 3.05) is 11.9 Å². The molecule has 0 aliphatic heterocycles. The summed E-state index contributed by atoms with van der Waals surface area (Å²) in [6.07, 6.45) is 3.74. The number of anilines is 1. The molecule has 0 bridgehead atoms. The monoisotopic (exact) mass is 197 g/mol. The lowest BCUT2D eigenvalue weighted by Gasteiger charge is -2.06. The van der Waals surface area contributed by atoms with E-state index in [9.17, 15) is 0 Å². The fraction of sp³-hybridized carbons (Fsp3) is 0.455. The van der Waals surface area contributed by atoms with E-state index in [4.69, 9.17) is 11.6 Å². The van der Waals surface area contributed by atoms with E-state index in [0.29, 0.717) is 0 Å². The summed E-state index contributed by atoms with van der Waals surface area (Å²) < 4.78 is 0. The molecule has 0 aliphatic rings. The van der Waals surface area contributed by atoms with Crippen molar-refractivity contribution in [3.8, 4) is 0 Å². The van der Waals surface area contributed by atoms with Gasteiger partial charge in [-0.15, -0.1) is 0 Å². The third-order valence-electron chi connectivity index (χ3n) is 1.97. The van der Waals surface area contributed by atoms with E-state index in [1.807, 2.05) is 24.3 Å². The van der Waals surface area contributed by atoms with Crippen molar-refractivity contribution in [3.63, 3.8) is 0 Å². The van der Waals surface area contributed by atoms with Crippen molar-refractivity contribution in [2.45, 2.75) is 26.2 Å². The van der Waals surface area contributed by atoms with Crippen LogP contribution in [-0.2, 0) is 0 Å². The second kappa shape index (κ2) is 5.87. The highest BCUT2D eigenvalue weighted by atomic mass is 35.5. The normalized spacial score (nSPS) is 10.0. The number of rotatable bonds is 5. The Morgan fingerprint density at radius 1 is 1.23 bits per heavy atom. The van der Waals surface area contributed by atoms with E-state index in [1.54, 1.807) is 0 Å². The van der Waals surface area contributed by atoms with Crippen molar-refractivity contribution in [3.05, 3.63) is 29.3 Å². The number of unbranched alkanes of at least 4 members (excludes halogenated alkanes) is 2. The van der Waals surface area contributed by atoms with Crippen molar-refractivity contribution in [1.82, 2.24) is 0 Å². The number of halogens is 1. The topological polar surface area (TPSA) is 12.0 Å². The van der Waals surface area contributed by atoms with Gasteiger partial charge in [0.15, 0.2) is 0 Å². The van der Waals surface area contributed by atoms with Gasteiger partial charge in [-0.3, -0.25) is 0 Å². The van der Waals surface area contributed by atoms with Gasteiger partial charge in [0, 0.05) is 6.54 Å². The standard InChI is InChI=1S/C11H16ClN/c1-2-3-6-9-13-11-8-5-4-7-10(11)12/h4-5,7-8,13H,2-3,6,9H2,1H3. The minimum atomic E-state index is 0.805. The molecule has 1 N–H and O–H groups in total. The van der Waals surface area contributed by atoms with E-state index < -0.39 is 0 Å². The number of benzene rings is 1. The fourth-order valence-corrected chi connectivity index (χ4v) is 1.41. The van der Waals surface area contributed by atoms with Crippen molar-refractivity contribution >= 4 is 17.3 Å². The summed E-state index contributed by atoms with van der Waals surface area (Å²) >= 11 is 5.97. The average molecular weight is 198 g/mol. The van der Waals surface area contributed by atoms with Crippen LogP contribution < -0.4 is 5.32 Å². The van der Waals surface area contributed by atoms with Gasteiger partial charge in [0.2, 0.25) is 0 Å². The second-order valence-electron chi connectivity index (χ2n) is 3.11. The molecule has 2 heteroatoms. The number of nitrogens with one attached hydrogen (secondary N) is 1. The Morgan fingerprint density at radius 2 is 2.00 bits per heavy atom. The molecule has 0 radical (unpaired) electrons. The van der Waals surface area contributed by atoms with Crippen molar-refractivity contribution in [1.29, 1.82) is 0 Å². The van der Waals surface area contributed by atoms with Gasteiger partial charge in [-0.05, 0) is 18.6 Å². The molecule has 0 aliphatic carbocycles. The Labute approximate surface area is 85.1 Å². The average Bonchev–Trinajstić information content (AvgIpc) is 2.15. The largest absolute Gasteiger partial charge is 0.384 e. The summed E-state index contributed by atoms with van der Waals surface area (Å²) in [5, 5.41) is 4.12. The highest BCUT2D eigenvalue weighted by Crippen LogP contribution is 2.20. The summed E-state index contributed by atoms with van der Waals surface area (Å²) in [7, 11) is 0. The molecular weight excluding hydrogens is 182 g/mol. The molecule has 0 saturated carbocycles. The lowest BCUT2D eigenvalue weighted by atomic mass is 10.2. The van der Waals surface area contributed by atoms with Crippen LogP contribution >= 0.6 is 11.6 Å². The minimum Gasteiger partial charge on any atom is -0.384 e. The Balaban J connectivity index is 2.32. The van der Waals surface area contributed by atoms with Crippen LogP contribution in [0.3, 0.4) is 0 Å². The second-order valence-corrected chi connectivity index (χ2v) is 3.52. The maximum Gasteiger partial charge on any atom is 0.0637 e. The molecule has 0 heterocycles. The van der Waals surface area contributed by atoms with Gasteiger partial charge in [-0.25, -0.2) is 0 Å². The summed E-state index contributed by atoms with van der Waals surface area (Å²) in [5.41, 5.74) is 1.04. The number of hydrogen-bond donors (Lipinski definition) is 1. The zero-order valence-corrected chi connectivity index (χ0v) is 8.77. The SMILES string of the molecule is CCCCCNc1ccccc1Cl. The summed E-state index contributed by atoms with van der Waals surface area (Å²) in [6, 6.07) is 7.85. The van der Waals surface area contributed by atoms with Crippen LogP contribution in [0.1, 0.15) is 26.2 Å². The van der Waals surface area contributed by atoms with E-state index in [2.05, 4.69) is 12.2 Å². The molecule has 1 nitrogen and oxygen atoms in total. The Morgan fingerprint density at radius 3 is 2.69 bits per heavy atom.